The molecule has 0 unspecified atom stereocenters. The third-order valence-corrected chi connectivity index (χ3v) is 3.76. The van der Waals surface area contributed by atoms with Crippen molar-refractivity contribution in [3.63, 3.8) is 0 Å². The van der Waals surface area contributed by atoms with Crippen molar-refractivity contribution in [1.29, 1.82) is 0 Å². The van der Waals surface area contributed by atoms with Crippen LogP contribution in [0.15, 0.2) is 47.0 Å². The first-order valence-electron chi connectivity index (χ1n) is 7.71. The molecule has 1 heterocycles. The topological polar surface area (TPSA) is 60.2 Å². The number of nitrogens with zero attached hydrogens (tertiary/aromatic N) is 2. The van der Waals surface area contributed by atoms with Crippen molar-refractivity contribution in [1.82, 2.24) is 10.1 Å². The summed E-state index contributed by atoms with van der Waals surface area (Å²) in [7, 11) is 0. The summed E-state index contributed by atoms with van der Waals surface area (Å²) in [4.78, 5) is 4.41. The van der Waals surface area contributed by atoms with Gasteiger partial charge in [0, 0.05) is 16.3 Å². The van der Waals surface area contributed by atoms with Crippen LogP contribution in [0.2, 0.25) is 5.02 Å². The number of hydrogen-bond acceptors (Lipinski definition) is 5. The van der Waals surface area contributed by atoms with Gasteiger partial charge in [0.25, 0.3) is 0 Å². The van der Waals surface area contributed by atoms with Gasteiger partial charge in [0.15, 0.2) is 0 Å². The van der Waals surface area contributed by atoms with Gasteiger partial charge in [-0.2, -0.15) is 4.98 Å². The fraction of sp³-hybridized carbons (Fsp3) is 0.222. The minimum atomic E-state index is 0.436. The number of halogens is 1. The van der Waals surface area contributed by atoms with Crippen molar-refractivity contribution in [3.05, 3.63) is 58.9 Å². The average Bonchev–Trinajstić information content (AvgIpc) is 3.06. The summed E-state index contributed by atoms with van der Waals surface area (Å²) in [6.07, 6.45) is 0. The van der Waals surface area contributed by atoms with Crippen molar-refractivity contribution < 1.29 is 9.26 Å². The van der Waals surface area contributed by atoms with Gasteiger partial charge in [0.2, 0.25) is 11.7 Å². The molecule has 3 aromatic rings. The first-order chi connectivity index (χ1) is 11.7. The van der Waals surface area contributed by atoms with Crippen molar-refractivity contribution in [3.8, 4) is 17.1 Å². The van der Waals surface area contributed by atoms with Gasteiger partial charge in [-0.05, 0) is 55.8 Å². The van der Waals surface area contributed by atoms with Gasteiger partial charge in [-0.15, -0.1) is 0 Å². The lowest BCUT2D eigenvalue weighted by Gasteiger charge is -2.07. The standard InChI is InChI=1S/C18H18ClN3O2/c1-3-23-15-8-5-13(6-9-15)18-21-17(24-22-18)11-20-16-10-14(19)7-4-12(16)2/h4-10,20H,3,11H2,1-2H3. The minimum absolute atomic E-state index is 0.436. The molecule has 124 valence electrons. The van der Waals surface area contributed by atoms with Gasteiger partial charge >= 0.3 is 0 Å². The Morgan fingerprint density at radius 2 is 1.96 bits per heavy atom. The quantitative estimate of drug-likeness (QED) is 0.702. The predicted molar refractivity (Wildman–Crippen MR) is 94.4 cm³/mol. The lowest BCUT2D eigenvalue weighted by molar-refractivity contribution is 0.340. The number of nitrogens with one attached hydrogen (secondary N) is 1. The zero-order valence-electron chi connectivity index (χ0n) is 13.5. The Balaban J connectivity index is 1.68. The smallest absolute Gasteiger partial charge is 0.246 e. The Morgan fingerprint density at radius 3 is 2.71 bits per heavy atom. The number of anilines is 1. The molecule has 0 aliphatic rings. The van der Waals surface area contributed by atoms with Crippen LogP contribution in [-0.4, -0.2) is 16.7 Å². The number of ether oxygens (including phenoxy) is 1. The second kappa shape index (κ2) is 7.36. The predicted octanol–water partition coefficient (Wildman–Crippen LogP) is 4.71. The Kier molecular flexibility index (Phi) is 5.01. The van der Waals surface area contributed by atoms with E-state index in [1.165, 1.54) is 0 Å². The van der Waals surface area contributed by atoms with Crippen LogP contribution in [0.5, 0.6) is 5.75 Å². The third kappa shape index (κ3) is 3.86. The molecule has 0 aliphatic carbocycles. The van der Waals surface area contributed by atoms with Crippen molar-refractivity contribution in [2.75, 3.05) is 11.9 Å². The highest BCUT2D eigenvalue weighted by atomic mass is 35.5. The summed E-state index contributed by atoms with van der Waals surface area (Å²) in [5.41, 5.74) is 2.93. The van der Waals surface area contributed by atoms with Gasteiger partial charge < -0.3 is 14.6 Å². The van der Waals surface area contributed by atoms with Crippen LogP contribution in [0, 0.1) is 6.92 Å². The van der Waals surface area contributed by atoms with Gasteiger partial charge in [0.05, 0.1) is 13.2 Å². The van der Waals surface area contributed by atoms with Crippen molar-refractivity contribution in [2.45, 2.75) is 20.4 Å². The first kappa shape index (κ1) is 16.3. The molecule has 0 saturated carbocycles. The minimum Gasteiger partial charge on any atom is -0.494 e. The maximum Gasteiger partial charge on any atom is 0.246 e. The number of rotatable bonds is 6. The first-order valence-corrected chi connectivity index (χ1v) is 8.09. The summed E-state index contributed by atoms with van der Waals surface area (Å²) in [6, 6.07) is 13.3. The van der Waals surface area contributed by atoms with E-state index in [9.17, 15) is 0 Å². The molecule has 0 spiro atoms. The molecule has 0 radical (unpaired) electrons. The van der Waals surface area contributed by atoms with Crippen LogP contribution < -0.4 is 10.1 Å². The van der Waals surface area contributed by atoms with Crippen LogP contribution in [0.25, 0.3) is 11.4 Å². The van der Waals surface area contributed by atoms with E-state index in [0.29, 0.717) is 29.9 Å². The number of hydrogen-bond donors (Lipinski definition) is 1. The lowest BCUT2D eigenvalue weighted by Crippen LogP contribution is -2.01. The Hall–Kier alpha value is -2.53. The molecule has 0 saturated heterocycles. The van der Waals surface area contributed by atoms with Gasteiger partial charge in [0.1, 0.15) is 5.75 Å². The third-order valence-electron chi connectivity index (χ3n) is 3.52. The number of aromatic nitrogens is 2. The van der Waals surface area contributed by atoms with Crippen LogP contribution >= 0.6 is 11.6 Å². The fourth-order valence-corrected chi connectivity index (χ4v) is 2.44. The molecule has 6 heteroatoms. The van der Waals surface area contributed by atoms with E-state index >= 15 is 0 Å². The molecule has 3 rings (SSSR count). The van der Waals surface area contributed by atoms with Gasteiger partial charge in [-0.3, -0.25) is 0 Å². The van der Waals surface area contributed by atoms with E-state index in [1.807, 2.05) is 56.3 Å². The molecule has 0 bridgehead atoms. The van der Waals surface area contributed by atoms with E-state index in [0.717, 1.165) is 22.6 Å². The van der Waals surface area contributed by atoms with E-state index < -0.39 is 0 Å². The van der Waals surface area contributed by atoms with Crippen molar-refractivity contribution >= 4 is 17.3 Å². The van der Waals surface area contributed by atoms with E-state index in [1.54, 1.807) is 0 Å². The monoisotopic (exact) mass is 343 g/mol. The molecular weight excluding hydrogens is 326 g/mol. The van der Waals surface area contributed by atoms with Crippen LogP contribution in [0.1, 0.15) is 18.4 Å². The molecule has 0 aliphatic heterocycles. The highest BCUT2D eigenvalue weighted by Crippen LogP contribution is 2.22. The van der Waals surface area contributed by atoms with E-state index in [2.05, 4.69) is 15.5 Å². The maximum atomic E-state index is 6.02. The summed E-state index contributed by atoms with van der Waals surface area (Å²) in [6.45, 7) is 5.04. The molecule has 0 atom stereocenters. The molecular formula is C18H18ClN3O2. The van der Waals surface area contributed by atoms with E-state index in [4.69, 9.17) is 20.9 Å². The SMILES string of the molecule is CCOc1ccc(-c2noc(CNc3cc(Cl)ccc3C)n2)cc1. The number of benzene rings is 2. The van der Waals surface area contributed by atoms with Crippen LogP contribution in [0.3, 0.4) is 0 Å². The van der Waals surface area contributed by atoms with Crippen LogP contribution in [0.4, 0.5) is 5.69 Å². The normalized spacial score (nSPS) is 10.6. The van der Waals surface area contributed by atoms with Crippen molar-refractivity contribution in [2.24, 2.45) is 0 Å². The molecule has 24 heavy (non-hydrogen) atoms. The Morgan fingerprint density at radius 1 is 1.17 bits per heavy atom. The molecule has 5 nitrogen and oxygen atoms in total. The summed E-state index contributed by atoms with van der Waals surface area (Å²) >= 11 is 6.02. The molecule has 1 aromatic heterocycles. The zero-order chi connectivity index (χ0) is 16.9. The summed E-state index contributed by atoms with van der Waals surface area (Å²) < 4.78 is 10.7. The van der Waals surface area contributed by atoms with Crippen LogP contribution in [-0.2, 0) is 6.54 Å². The maximum absolute atomic E-state index is 6.02. The van der Waals surface area contributed by atoms with E-state index in [-0.39, 0.29) is 0 Å². The molecule has 0 fully saturated rings. The average molecular weight is 344 g/mol. The highest BCUT2D eigenvalue weighted by molar-refractivity contribution is 6.30. The molecule has 2 aromatic carbocycles. The Bertz CT molecular complexity index is 815. The molecule has 0 amide bonds. The molecule has 1 N–H and O–H groups in total. The second-order valence-electron chi connectivity index (χ2n) is 5.28. The van der Waals surface area contributed by atoms with Gasteiger partial charge in [-0.25, -0.2) is 0 Å². The highest BCUT2D eigenvalue weighted by Gasteiger charge is 2.09. The summed E-state index contributed by atoms with van der Waals surface area (Å²) in [5, 5.41) is 7.97. The largest absolute Gasteiger partial charge is 0.494 e. The second-order valence-corrected chi connectivity index (χ2v) is 5.72. The Labute approximate surface area is 145 Å². The van der Waals surface area contributed by atoms with Gasteiger partial charge in [-0.1, -0.05) is 22.8 Å². The number of aryl methyl sites for hydroxylation is 1. The lowest BCUT2D eigenvalue weighted by atomic mass is 10.2. The summed E-state index contributed by atoms with van der Waals surface area (Å²) in [5.74, 6) is 1.89. The fourth-order valence-electron chi connectivity index (χ4n) is 2.27. The zero-order valence-corrected chi connectivity index (χ0v) is 14.3.